The molecule has 1 atom stereocenters. The zero-order valence-electron chi connectivity index (χ0n) is 10.0. The molecule has 0 aromatic heterocycles. The van der Waals surface area contributed by atoms with Crippen LogP contribution in [0, 0.1) is 5.41 Å². The topological polar surface area (TPSA) is 155 Å². The minimum atomic E-state index is -1.60. The first-order chi connectivity index (χ1) is 9.22. The molecule has 0 aliphatic heterocycles. The number of carboxylic acids is 1. The van der Waals surface area contributed by atoms with E-state index in [9.17, 15) is 4.79 Å². The molecule has 108 valence electrons. The second kappa shape index (κ2) is 6.31. The summed E-state index contributed by atoms with van der Waals surface area (Å²) in [5.41, 5.74) is 15.9. The molecular formula is C10H12Cl2N6O2. The highest BCUT2D eigenvalue weighted by Crippen LogP contribution is 2.27. The lowest BCUT2D eigenvalue weighted by atomic mass is 10.2. The Balaban J connectivity index is 3.38. The van der Waals surface area contributed by atoms with Gasteiger partial charge >= 0.3 is 5.97 Å². The number of carbonyl (C=O) groups is 1. The van der Waals surface area contributed by atoms with Crippen LogP contribution in [0.4, 0.5) is 5.69 Å². The van der Waals surface area contributed by atoms with Gasteiger partial charge in [-0.3, -0.25) is 10.3 Å². The summed E-state index contributed by atoms with van der Waals surface area (Å²) < 4.78 is 0. The largest absolute Gasteiger partial charge is 0.478 e. The van der Waals surface area contributed by atoms with Crippen molar-refractivity contribution in [2.75, 3.05) is 4.90 Å². The van der Waals surface area contributed by atoms with Gasteiger partial charge in [0.05, 0.1) is 0 Å². The van der Waals surface area contributed by atoms with Crippen molar-refractivity contribution in [3.8, 4) is 0 Å². The molecule has 10 heteroatoms. The number of rotatable bonds is 4. The molecule has 0 aliphatic carbocycles. The number of hydrogen-bond acceptors (Lipinski definition) is 3. The molecule has 20 heavy (non-hydrogen) atoms. The molecule has 0 saturated carbocycles. The number of carboxylic acid groups (broad SMARTS) is 1. The molecule has 0 fully saturated rings. The van der Waals surface area contributed by atoms with Crippen LogP contribution in [0.3, 0.4) is 0 Å². The zero-order valence-corrected chi connectivity index (χ0v) is 11.6. The third kappa shape index (κ3) is 3.90. The fraction of sp³-hybridized carbons (Fsp3) is 0.100. The van der Waals surface area contributed by atoms with Gasteiger partial charge in [-0.2, -0.15) is 0 Å². The molecule has 0 amide bonds. The van der Waals surface area contributed by atoms with Gasteiger partial charge in [-0.15, -0.1) is 0 Å². The van der Waals surface area contributed by atoms with Crippen LogP contribution in [-0.4, -0.2) is 29.2 Å². The van der Waals surface area contributed by atoms with Crippen molar-refractivity contribution >= 4 is 46.8 Å². The number of nitrogens with zero attached hydrogens (tertiary/aromatic N) is 2. The van der Waals surface area contributed by atoms with E-state index in [1.54, 1.807) is 0 Å². The molecule has 0 radical (unpaired) electrons. The van der Waals surface area contributed by atoms with Gasteiger partial charge in [0.1, 0.15) is 0 Å². The molecule has 1 aromatic rings. The van der Waals surface area contributed by atoms with Gasteiger partial charge in [0.2, 0.25) is 6.17 Å². The smallest absolute Gasteiger partial charge is 0.349 e. The van der Waals surface area contributed by atoms with Crippen LogP contribution in [0.15, 0.2) is 23.2 Å². The van der Waals surface area contributed by atoms with Crippen LogP contribution in [-0.2, 0) is 4.79 Å². The predicted molar refractivity (Wildman–Crippen MR) is 78.1 cm³/mol. The van der Waals surface area contributed by atoms with Crippen LogP contribution in [0.5, 0.6) is 0 Å². The maximum absolute atomic E-state index is 11.2. The molecule has 1 aromatic carbocycles. The number of aliphatic imine (C=N–C) groups is 1. The highest BCUT2D eigenvalue weighted by atomic mass is 35.5. The van der Waals surface area contributed by atoms with Gasteiger partial charge in [0, 0.05) is 15.7 Å². The van der Waals surface area contributed by atoms with Gasteiger partial charge in [0.25, 0.3) is 0 Å². The van der Waals surface area contributed by atoms with E-state index in [1.807, 2.05) is 0 Å². The minimum absolute atomic E-state index is 0.174. The first-order valence-electron chi connectivity index (χ1n) is 5.13. The number of benzene rings is 1. The highest BCUT2D eigenvalue weighted by Gasteiger charge is 2.28. The van der Waals surface area contributed by atoms with Gasteiger partial charge in [0.15, 0.2) is 11.9 Å². The van der Waals surface area contributed by atoms with Crippen molar-refractivity contribution in [1.29, 1.82) is 5.41 Å². The van der Waals surface area contributed by atoms with E-state index in [-0.39, 0.29) is 15.7 Å². The molecule has 0 heterocycles. The number of guanidine groups is 2. The first-order valence-corrected chi connectivity index (χ1v) is 5.89. The van der Waals surface area contributed by atoms with Crippen LogP contribution in [0.1, 0.15) is 0 Å². The second-order valence-electron chi connectivity index (χ2n) is 3.65. The molecule has 8 N–H and O–H groups in total. The van der Waals surface area contributed by atoms with Crippen LogP contribution < -0.4 is 22.1 Å². The summed E-state index contributed by atoms with van der Waals surface area (Å²) in [6, 6.07) is 4.21. The van der Waals surface area contributed by atoms with Crippen LogP contribution >= 0.6 is 23.2 Å². The Kier molecular flexibility index (Phi) is 5.00. The maximum atomic E-state index is 11.2. The number of nitrogens with one attached hydrogen (secondary N) is 1. The standard InChI is InChI=1S/C10H12Cl2N6O2/c11-4-1-5(12)3-6(2-4)18(10(15)16)7(8(19)20)17-9(13)14/h1-3,7H,(H3,15,16)(H,19,20)(H4,13,14,17). The molecule has 1 rings (SSSR count). The Morgan fingerprint density at radius 3 is 2.10 bits per heavy atom. The first kappa shape index (κ1) is 15.9. The summed E-state index contributed by atoms with van der Waals surface area (Å²) in [7, 11) is 0. The Bertz CT molecular complexity index is 553. The van der Waals surface area contributed by atoms with Gasteiger partial charge in [-0.25, -0.2) is 9.79 Å². The Labute approximate surface area is 124 Å². The number of halogens is 2. The summed E-state index contributed by atoms with van der Waals surface area (Å²) >= 11 is 11.7. The zero-order chi connectivity index (χ0) is 15.4. The molecule has 0 bridgehead atoms. The van der Waals surface area contributed by atoms with E-state index < -0.39 is 24.1 Å². The third-order valence-electron chi connectivity index (χ3n) is 2.12. The molecular weight excluding hydrogens is 307 g/mol. The lowest BCUT2D eigenvalue weighted by molar-refractivity contribution is -0.138. The summed E-state index contributed by atoms with van der Waals surface area (Å²) in [5, 5.41) is 17.2. The number of aliphatic carboxylic acids is 1. The lowest BCUT2D eigenvalue weighted by Gasteiger charge is -2.26. The Morgan fingerprint density at radius 1 is 1.25 bits per heavy atom. The van der Waals surface area contributed by atoms with Crippen molar-refractivity contribution in [3.63, 3.8) is 0 Å². The lowest BCUT2D eigenvalue weighted by Crippen LogP contribution is -2.49. The number of nitrogens with two attached hydrogens (primary N) is 3. The molecule has 0 aliphatic rings. The SMILES string of the molecule is N=C(N)N(c1cc(Cl)cc(Cl)c1)C(N=C(N)N)C(=O)O. The fourth-order valence-electron chi connectivity index (χ4n) is 1.45. The maximum Gasteiger partial charge on any atom is 0.349 e. The summed E-state index contributed by atoms with van der Waals surface area (Å²) in [6.45, 7) is 0. The summed E-state index contributed by atoms with van der Waals surface area (Å²) in [4.78, 5) is 15.6. The predicted octanol–water partition coefficient (Wildman–Crippen LogP) is 0.377. The van der Waals surface area contributed by atoms with E-state index in [0.717, 1.165) is 4.90 Å². The van der Waals surface area contributed by atoms with Crippen LogP contribution in [0.2, 0.25) is 10.0 Å². The normalized spacial score (nSPS) is 11.5. The summed E-state index contributed by atoms with van der Waals surface area (Å²) in [5.74, 6) is -2.44. The number of hydrogen-bond donors (Lipinski definition) is 5. The molecule has 8 nitrogen and oxygen atoms in total. The quantitative estimate of drug-likeness (QED) is 0.399. The fourth-order valence-corrected chi connectivity index (χ4v) is 1.97. The van der Waals surface area contributed by atoms with E-state index >= 15 is 0 Å². The average molecular weight is 319 g/mol. The molecule has 0 saturated heterocycles. The van der Waals surface area contributed by atoms with E-state index in [1.165, 1.54) is 18.2 Å². The van der Waals surface area contributed by atoms with Crippen LogP contribution in [0.25, 0.3) is 0 Å². The van der Waals surface area contributed by atoms with Crippen molar-refractivity contribution < 1.29 is 9.90 Å². The van der Waals surface area contributed by atoms with Gasteiger partial charge in [-0.05, 0) is 18.2 Å². The Morgan fingerprint density at radius 2 is 1.75 bits per heavy atom. The second-order valence-corrected chi connectivity index (χ2v) is 4.52. The van der Waals surface area contributed by atoms with E-state index in [4.69, 9.17) is 50.9 Å². The summed E-state index contributed by atoms with van der Waals surface area (Å²) in [6.07, 6.45) is -1.60. The highest BCUT2D eigenvalue weighted by molar-refractivity contribution is 6.35. The van der Waals surface area contributed by atoms with Crippen molar-refractivity contribution in [2.24, 2.45) is 22.2 Å². The van der Waals surface area contributed by atoms with Crippen molar-refractivity contribution in [2.45, 2.75) is 6.17 Å². The van der Waals surface area contributed by atoms with Gasteiger partial charge in [-0.1, -0.05) is 23.2 Å². The molecule has 1 unspecified atom stereocenters. The van der Waals surface area contributed by atoms with E-state index in [0.29, 0.717) is 0 Å². The Hall–Kier alpha value is -2.19. The van der Waals surface area contributed by atoms with Crippen molar-refractivity contribution in [1.82, 2.24) is 0 Å². The molecule has 0 spiro atoms. The minimum Gasteiger partial charge on any atom is -0.478 e. The third-order valence-corrected chi connectivity index (χ3v) is 2.56. The van der Waals surface area contributed by atoms with Crippen molar-refractivity contribution in [3.05, 3.63) is 28.2 Å². The average Bonchev–Trinajstić information content (AvgIpc) is 2.25. The van der Waals surface area contributed by atoms with Gasteiger partial charge < -0.3 is 22.3 Å². The number of anilines is 1. The monoisotopic (exact) mass is 318 g/mol. The van der Waals surface area contributed by atoms with E-state index in [2.05, 4.69) is 4.99 Å².